The molecule has 7 nitrogen and oxygen atoms in total. The highest BCUT2D eigenvalue weighted by Gasteiger charge is 2.23. The molecule has 2 aliphatic rings. The molecule has 168 valence electrons. The van der Waals surface area contributed by atoms with Crippen LogP contribution in [0.2, 0.25) is 0 Å². The Morgan fingerprint density at radius 2 is 1.97 bits per heavy atom. The maximum Gasteiger partial charge on any atom is 0.243 e. The average molecular weight is 533 g/mol. The highest BCUT2D eigenvalue weighted by molar-refractivity contribution is 14.0. The van der Waals surface area contributed by atoms with Crippen molar-refractivity contribution in [1.29, 1.82) is 0 Å². The van der Waals surface area contributed by atoms with Gasteiger partial charge in [0, 0.05) is 53.4 Å². The zero-order valence-electron chi connectivity index (χ0n) is 17.8. The maximum atomic E-state index is 14.1. The number of ether oxygens (including phenoxy) is 1. The molecule has 3 rings (SSSR count). The summed E-state index contributed by atoms with van der Waals surface area (Å²) in [4.78, 5) is 22.3. The van der Waals surface area contributed by atoms with Crippen molar-refractivity contribution in [2.24, 2.45) is 4.99 Å². The van der Waals surface area contributed by atoms with Crippen molar-refractivity contribution in [3.63, 3.8) is 0 Å². The van der Waals surface area contributed by atoms with E-state index in [9.17, 15) is 9.18 Å². The van der Waals surface area contributed by atoms with Gasteiger partial charge in [-0.05, 0) is 31.4 Å². The Hall–Kier alpha value is -1.62. The van der Waals surface area contributed by atoms with Crippen LogP contribution >= 0.6 is 24.0 Å². The summed E-state index contributed by atoms with van der Waals surface area (Å²) < 4.78 is 19.9. The van der Waals surface area contributed by atoms with Gasteiger partial charge in [0.15, 0.2) is 5.96 Å². The normalized spacial score (nSPS) is 19.8. The molecule has 2 aliphatic heterocycles. The zero-order chi connectivity index (χ0) is 20.6. The lowest BCUT2D eigenvalue weighted by atomic mass is 10.1. The molecule has 1 unspecified atom stereocenters. The van der Waals surface area contributed by atoms with E-state index in [1.165, 1.54) is 12.5 Å². The van der Waals surface area contributed by atoms with Gasteiger partial charge in [0.25, 0.3) is 0 Å². The van der Waals surface area contributed by atoms with E-state index in [1.807, 2.05) is 12.1 Å². The van der Waals surface area contributed by atoms with E-state index < -0.39 is 0 Å². The van der Waals surface area contributed by atoms with Crippen molar-refractivity contribution in [2.75, 3.05) is 64.9 Å². The van der Waals surface area contributed by atoms with Gasteiger partial charge in [-0.15, -0.1) is 24.0 Å². The number of halogens is 2. The molecule has 30 heavy (non-hydrogen) atoms. The smallest absolute Gasteiger partial charge is 0.243 e. The van der Waals surface area contributed by atoms with E-state index in [2.05, 4.69) is 20.1 Å². The summed E-state index contributed by atoms with van der Waals surface area (Å²) in [5.74, 6) is 0.491. The molecule has 0 spiro atoms. The molecule has 0 aliphatic carbocycles. The lowest BCUT2D eigenvalue weighted by Gasteiger charge is -2.38. The Morgan fingerprint density at radius 1 is 1.23 bits per heavy atom. The maximum absolute atomic E-state index is 14.1. The van der Waals surface area contributed by atoms with Crippen LogP contribution in [-0.2, 0) is 9.53 Å². The number of carbonyl (C=O) groups is 1. The van der Waals surface area contributed by atoms with Gasteiger partial charge in [0.1, 0.15) is 12.4 Å². The first-order chi connectivity index (χ1) is 14.0. The fourth-order valence-corrected chi connectivity index (χ4v) is 3.59. The topological polar surface area (TPSA) is 60.4 Å². The number of rotatable bonds is 5. The predicted molar refractivity (Wildman–Crippen MR) is 128 cm³/mol. The van der Waals surface area contributed by atoms with Crippen LogP contribution in [0.25, 0.3) is 0 Å². The minimum Gasteiger partial charge on any atom is -0.376 e. The molecule has 1 atom stereocenters. The highest BCUT2D eigenvalue weighted by Crippen LogP contribution is 2.20. The van der Waals surface area contributed by atoms with Gasteiger partial charge in [-0.25, -0.2) is 9.38 Å². The monoisotopic (exact) mass is 533 g/mol. The van der Waals surface area contributed by atoms with Gasteiger partial charge in [0.2, 0.25) is 5.91 Å². The third-order valence-electron chi connectivity index (χ3n) is 5.40. The molecule has 2 saturated heterocycles. The van der Waals surface area contributed by atoms with E-state index in [0.29, 0.717) is 38.4 Å². The number of hydrogen-bond acceptors (Lipinski definition) is 4. The third-order valence-corrected chi connectivity index (χ3v) is 5.40. The number of piperazine rings is 1. The van der Waals surface area contributed by atoms with Gasteiger partial charge >= 0.3 is 0 Å². The van der Waals surface area contributed by atoms with Gasteiger partial charge in [-0.1, -0.05) is 12.1 Å². The molecular weight excluding hydrogens is 500 g/mol. The van der Waals surface area contributed by atoms with Crippen LogP contribution in [-0.4, -0.2) is 87.7 Å². The van der Waals surface area contributed by atoms with Crippen LogP contribution in [0, 0.1) is 5.82 Å². The molecule has 0 aromatic heterocycles. The molecule has 0 radical (unpaired) electrons. The van der Waals surface area contributed by atoms with E-state index in [-0.39, 0.29) is 48.3 Å². The Labute approximate surface area is 195 Å². The fourth-order valence-electron chi connectivity index (χ4n) is 3.59. The first-order valence-corrected chi connectivity index (χ1v) is 10.4. The van der Waals surface area contributed by atoms with E-state index in [0.717, 1.165) is 25.4 Å². The van der Waals surface area contributed by atoms with E-state index in [4.69, 9.17) is 4.74 Å². The summed E-state index contributed by atoms with van der Waals surface area (Å²) in [6.45, 7) is 4.41. The SMILES string of the molecule is CN(C)C(=O)CN=C(NCC1CCCCO1)N1CCN(c2ccccc2F)CC1.I. The fraction of sp³-hybridized carbons (Fsp3) is 0.619. The number of nitrogens with zero attached hydrogens (tertiary/aromatic N) is 4. The molecule has 2 fully saturated rings. The largest absolute Gasteiger partial charge is 0.376 e. The van der Waals surface area contributed by atoms with Crippen LogP contribution in [0.1, 0.15) is 19.3 Å². The van der Waals surface area contributed by atoms with E-state index in [1.54, 1.807) is 25.1 Å². The zero-order valence-corrected chi connectivity index (χ0v) is 20.2. The van der Waals surface area contributed by atoms with Crippen LogP contribution < -0.4 is 10.2 Å². The number of benzene rings is 1. The van der Waals surface area contributed by atoms with Gasteiger partial charge in [-0.2, -0.15) is 0 Å². The lowest BCUT2D eigenvalue weighted by molar-refractivity contribution is -0.127. The molecular formula is C21H33FIN5O2. The Balaban J connectivity index is 0.00000320. The Kier molecular flexibility index (Phi) is 10.1. The second kappa shape index (κ2) is 12.3. The highest BCUT2D eigenvalue weighted by atomic mass is 127. The minimum absolute atomic E-state index is 0. The molecule has 9 heteroatoms. The van der Waals surface area contributed by atoms with Crippen molar-refractivity contribution < 1.29 is 13.9 Å². The summed E-state index contributed by atoms with van der Waals surface area (Å²) in [6, 6.07) is 6.87. The second-order valence-corrected chi connectivity index (χ2v) is 7.72. The number of nitrogens with one attached hydrogen (secondary N) is 1. The molecule has 2 heterocycles. The minimum atomic E-state index is -0.195. The van der Waals surface area contributed by atoms with Crippen LogP contribution in [0.4, 0.5) is 10.1 Å². The van der Waals surface area contributed by atoms with Gasteiger partial charge in [0.05, 0.1) is 11.8 Å². The molecule has 1 amide bonds. The first-order valence-electron chi connectivity index (χ1n) is 10.4. The number of guanidine groups is 1. The summed E-state index contributed by atoms with van der Waals surface area (Å²) in [5, 5.41) is 3.41. The number of para-hydroxylation sites is 1. The second-order valence-electron chi connectivity index (χ2n) is 7.72. The number of anilines is 1. The van der Waals surface area contributed by atoms with Crippen molar-refractivity contribution in [1.82, 2.24) is 15.1 Å². The lowest BCUT2D eigenvalue weighted by Crippen LogP contribution is -2.54. The van der Waals surface area contributed by atoms with E-state index >= 15 is 0 Å². The summed E-state index contributed by atoms with van der Waals surface area (Å²) in [5.41, 5.74) is 0.636. The quantitative estimate of drug-likeness (QED) is 0.357. The number of aliphatic imine (C=N–C) groups is 1. The third kappa shape index (κ3) is 6.97. The molecule has 1 N–H and O–H groups in total. The Bertz CT molecular complexity index is 704. The van der Waals surface area contributed by atoms with Gasteiger partial charge < -0.3 is 24.8 Å². The van der Waals surface area contributed by atoms with Crippen molar-refractivity contribution in [3.05, 3.63) is 30.1 Å². The average Bonchev–Trinajstić information content (AvgIpc) is 2.75. The van der Waals surface area contributed by atoms with Gasteiger partial charge in [-0.3, -0.25) is 4.79 Å². The van der Waals surface area contributed by atoms with Crippen LogP contribution in [0.5, 0.6) is 0 Å². The van der Waals surface area contributed by atoms with Crippen LogP contribution in [0.3, 0.4) is 0 Å². The van der Waals surface area contributed by atoms with Crippen LogP contribution in [0.15, 0.2) is 29.3 Å². The molecule has 1 aromatic carbocycles. The summed E-state index contributed by atoms with van der Waals surface area (Å²) >= 11 is 0. The Morgan fingerprint density at radius 3 is 2.60 bits per heavy atom. The molecule has 0 saturated carbocycles. The van der Waals surface area contributed by atoms with Crippen molar-refractivity contribution >= 4 is 41.5 Å². The predicted octanol–water partition coefficient (Wildman–Crippen LogP) is 2.17. The standard InChI is InChI=1S/C21H32FN5O2.HI/c1-25(2)20(28)16-24-21(23-15-17-7-5-6-14-29-17)27-12-10-26(11-13-27)19-9-4-3-8-18(19)22;/h3-4,8-9,17H,5-7,10-16H2,1-2H3,(H,23,24);1H. The number of carbonyl (C=O) groups excluding carboxylic acids is 1. The number of amides is 1. The van der Waals surface area contributed by atoms with Crippen molar-refractivity contribution in [2.45, 2.75) is 25.4 Å². The summed E-state index contributed by atoms with van der Waals surface area (Å²) in [7, 11) is 3.46. The molecule has 1 aromatic rings. The van der Waals surface area contributed by atoms with Crippen molar-refractivity contribution in [3.8, 4) is 0 Å². The summed E-state index contributed by atoms with van der Waals surface area (Å²) in [6.07, 6.45) is 3.52. The number of hydrogen-bond donors (Lipinski definition) is 1. The first kappa shape index (κ1) is 24.6. The number of likely N-dealkylation sites (N-methyl/N-ethyl adjacent to an activating group) is 1. The molecule has 0 bridgehead atoms.